The van der Waals surface area contributed by atoms with Crippen molar-refractivity contribution >= 4 is 32.6 Å². The van der Waals surface area contributed by atoms with Gasteiger partial charge in [0.1, 0.15) is 0 Å². The number of H-pyrrole nitrogens is 1. The SMILES string of the molecule is CC(=O)N(CCC(=O)NC1CCS(=O)(=O)C1)CCc1c[nH]c2ccccc12. The van der Waals surface area contributed by atoms with E-state index in [0.29, 0.717) is 25.9 Å². The van der Waals surface area contributed by atoms with E-state index in [4.69, 9.17) is 0 Å². The first-order valence-corrected chi connectivity index (χ1v) is 11.0. The van der Waals surface area contributed by atoms with Crippen LogP contribution in [0.3, 0.4) is 0 Å². The molecule has 2 heterocycles. The third-order valence-electron chi connectivity index (χ3n) is 4.98. The monoisotopic (exact) mass is 391 g/mol. The van der Waals surface area contributed by atoms with Crippen molar-refractivity contribution in [1.82, 2.24) is 15.2 Å². The average molecular weight is 391 g/mol. The van der Waals surface area contributed by atoms with Gasteiger partial charge in [0.05, 0.1) is 11.5 Å². The molecule has 1 saturated heterocycles. The summed E-state index contributed by atoms with van der Waals surface area (Å²) in [6, 6.07) is 7.70. The number of hydrogen-bond acceptors (Lipinski definition) is 4. The molecule has 7 nitrogen and oxygen atoms in total. The molecule has 2 aromatic rings. The highest BCUT2D eigenvalue weighted by molar-refractivity contribution is 7.91. The van der Waals surface area contributed by atoms with Crippen molar-refractivity contribution < 1.29 is 18.0 Å². The van der Waals surface area contributed by atoms with E-state index in [1.54, 1.807) is 4.90 Å². The Labute approximate surface area is 159 Å². The lowest BCUT2D eigenvalue weighted by molar-refractivity contribution is -0.129. The molecule has 1 aliphatic rings. The van der Waals surface area contributed by atoms with Crippen LogP contribution in [0, 0.1) is 0 Å². The molecule has 0 aliphatic carbocycles. The van der Waals surface area contributed by atoms with Crippen LogP contribution in [0.1, 0.15) is 25.3 Å². The molecule has 27 heavy (non-hydrogen) atoms. The number of para-hydroxylation sites is 1. The van der Waals surface area contributed by atoms with Gasteiger partial charge in [0.15, 0.2) is 9.84 Å². The second kappa shape index (κ2) is 8.12. The van der Waals surface area contributed by atoms with Gasteiger partial charge in [0.25, 0.3) is 0 Å². The minimum atomic E-state index is -3.02. The number of hydrogen-bond donors (Lipinski definition) is 2. The molecule has 3 rings (SSSR count). The maximum atomic E-state index is 12.1. The molecule has 1 atom stereocenters. The van der Waals surface area contributed by atoms with E-state index in [0.717, 1.165) is 16.5 Å². The average Bonchev–Trinajstić information content (AvgIpc) is 3.17. The summed E-state index contributed by atoms with van der Waals surface area (Å²) in [6.45, 7) is 2.35. The van der Waals surface area contributed by atoms with Gasteiger partial charge in [-0.3, -0.25) is 9.59 Å². The predicted molar refractivity (Wildman–Crippen MR) is 104 cm³/mol. The first-order chi connectivity index (χ1) is 12.8. The highest BCUT2D eigenvalue weighted by Gasteiger charge is 2.28. The summed E-state index contributed by atoms with van der Waals surface area (Å²) in [7, 11) is -3.02. The van der Waals surface area contributed by atoms with Crippen LogP contribution in [-0.4, -0.2) is 60.8 Å². The number of carbonyl (C=O) groups is 2. The summed E-state index contributed by atoms with van der Waals surface area (Å²) in [6.07, 6.45) is 3.29. The largest absolute Gasteiger partial charge is 0.361 e. The van der Waals surface area contributed by atoms with Gasteiger partial charge in [-0.1, -0.05) is 18.2 Å². The second-order valence-corrected chi connectivity index (χ2v) is 9.26. The van der Waals surface area contributed by atoms with Crippen LogP contribution in [0.15, 0.2) is 30.5 Å². The highest BCUT2D eigenvalue weighted by atomic mass is 32.2. The zero-order valence-corrected chi connectivity index (χ0v) is 16.2. The van der Waals surface area contributed by atoms with Crippen molar-refractivity contribution in [2.75, 3.05) is 24.6 Å². The van der Waals surface area contributed by atoms with E-state index in [-0.39, 0.29) is 35.8 Å². The van der Waals surface area contributed by atoms with Crippen LogP contribution < -0.4 is 5.32 Å². The molecule has 146 valence electrons. The third kappa shape index (κ3) is 5.09. The fourth-order valence-corrected chi connectivity index (χ4v) is 5.14. The number of benzene rings is 1. The summed E-state index contributed by atoms with van der Waals surface area (Å²) in [5.41, 5.74) is 2.20. The lowest BCUT2D eigenvalue weighted by Crippen LogP contribution is -2.39. The molecule has 1 aromatic carbocycles. The van der Waals surface area contributed by atoms with Crippen molar-refractivity contribution in [3.63, 3.8) is 0 Å². The normalized spacial score (nSPS) is 18.5. The number of carbonyl (C=O) groups excluding carboxylic acids is 2. The van der Waals surface area contributed by atoms with E-state index in [1.165, 1.54) is 6.92 Å². The van der Waals surface area contributed by atoms with Crippen molar-refractivity contribution in [1.29, 1.82) is 0 Å². The summed E-state index contributed by atoms with van der Waals surface area (Å²) in [5.74, 6) is -0.153. The molecule has 2 N–H and O–H groups in total. The minimum absolute atomic E-state index is 0.00965. The molecule has 1 unspecified atom stereocenters. The van der Waals surface area contributed by atoms with Gasteiger partial charge in [0, 0.05) is 49.6 Å². The van der Waals surface area contributed by atoms with Gasteiger partial charge < -0.3 is 15.2 Å². The molecule has 2 amide bonds. The fraction of sp³-hybridized carbons (Fsp3) is 0.474. The fourth-order valence-electron chi connectivity index (χ4n) is 3.47. The van der Waals surface area contributed by atoms with E-state index >= 15 is 0 Å². The number of rotatable bonds is 7. The van der Waals surface area contributed by atoms with Crippen LogP contribution in [0.25, 0.3) is 10.9 Å². The summed E-state index contributed by atoms with van der Waals surface area (Å²) < 4.78 is 22.9. The molecule has 1 aliphatic heterocycles. The topological polar surface area (TPSA) is 99.3 Å². The number of amides is 2. The Hall–Kier alpha value is -2.35. The highest BCUT2D eigenvalue weighted by Crippen LogP contribution is 2.18. The van der Waals surface area contributed by atoms with Crippen molar-refractivity contribution in [2.24, 2.45) is 0 Å². The Balaban J connectivity index is 1.50. The van der Waals surface area contributed by atoms with Gasteiger partial charge in [-0.05, 0) is 24.5 Å². The number of nitrogens with zero attached hydrogens (tertiary/aromatic N) is 1. The maximum Gasteiger partial charge on any atom is 0.222 e. The molecule has 0 spiro atoms. The van der Waals surface area contributed by atoms with Gasteiger partial charge in [-0.15, -0.1) is 0 Å². The Morgan fingerprint density at radius 3 is 2.74 bits per heavy atom. The molecular formula is C19H25N3O4S. The van der Waals surface area contributed by atoms with Gasteiger partial charge in [-0.25, -0.2) is 8.42 Å². The summed E-state index contributed by atoms with van der Waals surface area (Å²) in [4.78, 5) is 28.9. The Morgan fingerprint density at radius 2 is 2.04 bits per heavy atom. The second-order valence-electron chi connectivity index (χ2n) is 7.03. The third-order valence-corrected chi connectivity index (χ3v) is 6.75. The number of aromatic nitrogens is 1. The Bertz CT molecular complexity index is 935. The Kier molecular flexibility index (Phi) is 5.84. The Morgan fingerprint density at radius 1 is 1.26 bits per heavy atom. The number of fused-ring (bicyclic) bond motifs is 1. The van der Waals surface area contributed by atoms with Crippen LogP contribution in [0.2, 0.25) is 0 Å². The number of sulfone groups is 1. The summed E-state index contributed by atoms with van der Waals surface area (Å²) in [5, 5.41) is 3.90. The van der Waals surface area contributed by atoms with Crippen molar-refractivity contribution in [3.8, 4) is 0 Å². The smallest absolute Gasteiger partial charge is 0.222 e. The number of nitrogens with one attached hydrogen (secondary N) is 2. The van der Waals surface area contributed by atoms with Crippen LogP contribution in [-0.2, 0) is 25.8 Å². The van der Waals surface area contributed by atoms with Crippen molar-refractivity contribution in [3.05, 3.63) is 36.0 Å². The quantitative estimate of drug-likeness (QED) is 0.742. The summed E-state index contributed by atoms with van der Waals surface area (Å²) >= 11 is 0. The van der Waals surface area contributed by atoms with Gasteiger partial charge in [0.2, 0.25) is 11.8 Å². The van der Waals surface area contributed by atoms with Gasteiger partial charge >= 0.3 is 0 Å². The first-order valence-electron chi connectivity index (χ1n) is 9.14. The van der Waals surface area contributed by atoms with Crippen LogP contribution >= 0.6 is 0 Å². The van der Waals surface area contributed by atoms with Crippen LogP contribution in [0.5, 0.6) is 0 Å². The lowest BCUT2D eigenvalue weighted by atomic mass is 10.1. The molecule has 0 radical (unpaired) electrons. The first kappa shape index (κ1) is 19.4. The number of aromatic amines is 1. The maximum absolute atomic E-state index is 12.1. The van der Waals surface area contributed by atoms with Gasteiger partial charge in [-0.2, -0.15) is 0 Å². The predicted octanol–water partition coefficient (Wildman–Crippen LogP) is 1.25. The lowest BCUT2D eigenvalue weighted by Gasteiger charge is -2.21. The molecule has 1 fully saturated rings. The van der Waals surface area contributed by atoms with Crippen LogP contribution in [0.4, 0.5) is 0 Å². The zero-order valence-electron chi connectivity index (χ0n) is 15.4. The minimum Gasteiger partial charge on any atom is -0.361 e. The van der Waals surface area contributed by atoms with E-state index in [2.05, 4.69) is 10.3 Å². The zero-order chi connectivity index (χ0) is 19.4. The van der Waals surface area contributed by atoms with E-state index in [1.807, 2.05) is 30.5 Å². The van der Waals surface area contributed by atoms with E-state index < -0.39 is 9.84 Å². The molecule has 8 heteroatoms. The standard InChI is InChI=1S/C19H25N3O4S/c1-14(23)22(9-6-15-12-20-18-5-3-2-4-17(15)18)10-7-19(24)21-16-8-11-27(25,26)13-16/h2-5,12,16,20H,6-11,13H2,1H3,(H,21,24). The van der Waals surface area contributed by atoms with Crippen molar-refractivity contribution in [2.45, 2.75) is 32.2 Å². The molecule has 1 aromatic heterocycles. The molecule has 0 bridgehead atoms. The molecular weight excluding hydrogens is 366 g/mol. The van der Waals surface area contributed by atoms with E-state index in [9.17, 15) is 18.0 Å². The molecule has 0 saturated carbocycles.